The molecule has 2 N–H and O–H groups in total. The molecule has 1 unspecified atom stereocenters. The number of nitrogens with zero attached hydrogens (tertiary/aromatic N) is 1. The third-order valence-electron chi connectivity index (χ3n) is 3.87. The quantitative estimate of drug-likeness (QED) is 0.331. The largest absolute Gasteiger partial charge is 0.480 e. The molecule has 0 aromatic heterocycles. The van der Waals surface area contributed by atoms with Crippen LogP contribution in [0.25, 0.3) is 0 Å². The maximum absolute atomic E-state index is 12.3. The molecule has 0 bridgehead atoms. The zero-order chi connectivity index (χ0) is 21.4. The number of hydrogen-bond donors (Lipinski definition) is 2. The van der Waals surface area contributed by atoms with Gasteiger partial charge < -0.3 is 10.4 Å². The Morgan fingerprint density at radius 3 is 2.28 bits per heavy atom. The van der Waals surface area contributed by atoms with Crippen LogP contribution in [0, 0.1) is 16.0 Å². The van der Waals surface area contributed by atoms with Crippen molar-refractivity contribution >= 4 is 27.7 Å². The molecule has 2 rings (SSSR count). The highest BCUT2D eigenvalue weighted by Gasteiger charge is 2.24. The molecule has 0 saturated heterocycles. The number of aliphatic carboxylic acids is 1. The summed E-state index contributed by atoms with van der Waals surface area (Å²) < 4.78 is 29.7. The van der Waals surface area contributed by atoms with Crippen molar-refractivity contribution in [1.82, 2.24) is 5.32 Å². The van der Waals surface area contributed by atoms with Crippen LogP contribution in [0.4, 0.5) is 5.69 Å². The summed E-state index contributed by atoms with van der Waals surface area (Å²) in [5.41, 5.74) is 0.457. The van der Waals surface area contributed by atoms with Crippen molar-refractivity contribution in [3.63, 3.8) is 0 Å². The van der Waals surface area contributed by atoms with Gasteiger partial charge in [0.05, 0.1) is 22.3 Å². The van der Waals surface area contributed by atoms with Gasteiger partial charge in [-0.05, 0) is 24.1 Å². The molecule has 29 heavy (non-hydrogen) atoms. The van der Waals surface area contributed by atoms with E-state index >= 15 is 0 Å². The van der Waals surface area contributed by atoms with E-state index < -0.39 is 46.0 Å². The molecule has 10 nitrogen and oxygen atoms in total. The highest BCUT2D eigenvalue weighted by atomic mass is 32.2. The van der Waals surface area contributed by atoms with Gasteiger partial charge in [0.1, 0.15) is 6.54 Å². The van der Waals surface area contributed by atoms with Gasteiger partial charge in [0.2, 0.25) is 5.91 Å². The molecule has 0 aliphatic heterocycles. The van der Waals surface area contributed by atoms with Crippen LogP contribution < -0.4 is 5.32 Å². The molecule has 0 aliphatic carbocycles. The van der Waals surface area contributed by atoms with Crippen LogP contribution in [0.15, 0.2) is 59.5 Å². The van der Waals surface area contributed by atoms with Gasteiger partial charge in [-0.25, -0.2) is 0 Å². The Morgan fingerprint density at radius 2 is 1.72 bits per heavy atom. The molecule has 2 aromatic carbocycles. The molecular formula is C18H18N2O8S. The molecule has 2 aromatic rings. The normalized spacial score (nSPS) is 12.1. The van der Waals surface area contributed by atoms with E-state index in [2.05, 4.69) is 5.32 Å². The third kappa shape index (κ3) is 6.66. The molecule has 0 heterocycles. The zero-order valence-corrected chi connectivity index (χ0v) is 15.9. The number of nitrogens with one attached hydrogen (secondary N) is 1. The van der Waals surface area contributed by atoms with Gasteiger partial charge in [-0.2, -0.15) is 8.42 Å². The predicted molar refractivity (Wildman–Crippen MR) is 101 cm³/mol. The Morgan fingerprint density at radius 1 is 1.10 bits per heavy atom. The Bertz CT molecular complexity index is 975. The van der Waals surface area contributed by atoms with Crippen molar-refractivity contribution in [2.75, 3.05) is 13.2 Å². The molecule has 0 aliphatic rings. The predicted octanol–water partition coefficient (Wildman–Crippen LogP) is 1.36. The van der Waals surface area contributed by atoms with Crippen molar-refractivity contribution in [2.24, 2.45) is 5.92 Å². The van der Waals surface area contributed by atoms with Gasteiger partial charge in [-0.1, -0.05) is 30.3 Å². The molecule has 11 heteroatoms. The summed E-state index contributed by atoms with van der Waals surface area (Å²) in [5.74, 6) is -2.88. The number of non-ortho nitro benzene ring substituents is 1. The van der Waals surface area contributed by atoms with Crippen LogP contribution in [-0.4, -0.2) is 43.5 Å². The van der Waals surface area contributed by atoms with Crippen LogP contribution in [0.2, 0.25) is 0 Å². The Kier molecular flexibility index (Phi) is 7.39. The average Bonchev–Trinajstić information content (AvgIpc) is 2.70. The van der Waals surface area contributed by atoms with E-state index in [9.17, 15) is 28.1 Å². The maximum atomic E-state index is 12.3. The van der Waals surface area contributed by atoms with Gasteiger partial charge in [0, 0.05) is 12.1 Å². The van der Waals surface area contributed by atoms with E-state index in [1.807, 2.05) is 0 Å². The van der Waals surface area contributed by atoms with Gasteiger partial charge >= 0.3 is 5.97 Å². The smallest absolute Gasteiger partial charge is 0.322 e. The third-order valence-corrected chi connectivity index (χ3v) is 5.17. The lowest BCUT2D eigenvalue weighted by Gasteiger charge is -2.16. The molecule has 0 fully saturated rings. The van der Waals surface area contributed by atoms with Gasteiger partial charge in [-0.15, -0.1) is 0 Å². The Labute approximate surface area is 166 Å². The lowest BCUT2D eigenvalue weighted by atomic mass is 9.99. The second kappa shape index (κ2) is 9.75. The van der Waals surface area contributed by atoms with Crippen molar-refractivity contribution in [2.45, 2.75) is 11.3 Å². The van der Waals surface area contributed by atoms with Crippen LogP contribution in [-0.2, 0) is 30.3 Å². The van der Waals surface area contributed by atoms with Crippen molar-refractivity contribution < 1.29 is 32.2 Å². The zero-order valence-electron chi connectivity index (χ0n) is 15.1. The van der Waals surface area contributed by atoms with E-state index in [1.165, 1.54) is 0 Å². The Balaban J connectivity index is 2.13. The van der Waals surface area contributed by atoms with Crippen molar-refractivity contribution in [3.05, 3.63) is 70.3 Å². The van der Waals surface area contributed by atoms with Crippen LogP contribution in [0.1, 0.15) is 5.56 Å². The number of amides is 1. The minimum Gasteiger partial charge on any atom is -0.480 e. The maximum Gasteiger partial charge on any atom is 0.322 e. The standard InChI is InChI=1S/C18H18N2O8S/c21-17(22)11-19-18(23)14(10-13-4-2-1-3-5-13)12-28-29(26,27)16-8-6-15(7-9-16)20(24)25/h1-9,14H,10-12H2,(H,19,23)(H,21,22). The minimum atomic E-state index is -4.27. The summed E-state index contributed by atoms with van der Waals surface area (Å²) in [7, 11) is -4.27. The lowest BCUT2D eigenvalue weighted by Crippen LogP contribution is -2.38. The number of nitro groups is 1. The highest BCUT2D eigenvalue weighted by Crippen LogP contribution is 2.19. The topological polar surface area (TPSA) is 153 Å². The fourth-order valence-corrected chi connectivity index (χ4v) is 3.36. The number of carbonyl (C=O) groups is 2. The molecule has 0 saturated carbocycles. The highest BCUT2D eigenvalue weighted by molar-refractivity contribution is 7.86. The summed E-state index contributed by atoms with van der Waals surface area (Å²) in [4.78, 5) is 32.7. The molecule has 0 radical (unpaired) electrons. The number of nitro benzene ring substituents is 1. The monoisotopic (exact) mass is 422 g/mol. The second-order valence-electron chi connectivity index (χ2n) is 5.99. The molecule has 0 spiro atoms. The van der Waals surface area contributed by atoms with Crippen molar-refractivity contribution in [1.29, 1.82) is 0 Å². The fourth-order valence-electron chi connectivity index (χ4n) is 2.41. The van der Waals surface area contributed by atoms with E-state index in [0.717, 1.165) is 29.8 Å². The van der Waals surface area contributed by atoms with Gasteiger partial charge in [0.15, 0.2) is 0 Å². The molecule has 1 amide bonds. The summed E-state index contributed by atoms with van der Waals surface area (Å²) >= 11 is 0. The minimum absolute atomic E-state index is 0.127. The van der Waals surface area contributed by atoms with Crippen LogP contribution in [0.5, 0.6) is 0 Å². The second-order valence-corrected chi connectivity index (χ2v) is 7.60. The summed E-state index contributed by atoms with van der Waals surface area (Å²) in [6, 6.07) is 12.9. The van der Waals surface area contributed by atoms with Crippen molar-refractivity contribution in [3.8, 4) is 0 Å². The summed E-state index contributed by atoms with van der Waals surface area (Å²) in [5, 5.41) is 21.6. The lowest BCUT2D eigenvalue weighted by molar-refractivity contribution is -0.384. The average molecular weight is 422 g/mol. The number of rotatable bonds is 10. The fraction of sp³-hybridized carbons (Fsp3) is 0.222. The first-order chi connectivity index (χ1) is 13.7. The SMILES string of the molecule is O=C(O)CNC(=O)C(COS(=O)(=O)c1ccc([N+](=O)[O-])cc1)Cc1ccccc1. The summed E-state index contributed by atoms with van der Waals surface area (Å²) in [6.45, 7) is -1.14. The Hall–Kier alpha value is -3.31. The number of hydrogen-bond acceptors (Lipinski definition) is 7. The first-order valence-corrected chi connectivity index (χ1v) is 9.77. The van der Waals surface area contributed by atoms with Gasteiger partial charge in [0.25, 0.3) is 15.8 Å². The van der Waals surface area contributed by atoms with Crippen LogP contribution >= 0.6 is 0 Å². The molecule has 154 valence electrons. The first kappa shape index (κ1) is 22.0. The molecular weight excluding hydrogens is 404 g/mol. The number of benzene rings is 2. The first-order valence-electron chi connectivity index (χ1n) is 8.36. The summed E-state index contributed by atoms with van der Waals surface area (Å²) in [6.07, 6.45) is 0.127. The van der Waals surface area contributed by atoms with E-state index in [4.69, 9.17) is 9.29 Å². The van der Waals surface area contributed by atoms with E-state index in [0.29, 0.717) is 0 Å². The van der Waals surface area contributed by atoms with Gasteiger partial charge in [-0.3, -0.25) is 23.9 Å². The molecule has 1 atom stereocenters. The number of carboxylic acid groups (broad SMARTS) is 1. The number of carbonyl (C=O) groups excluding carboxylic acids is 1. The van der Waals surface area contributed by atoms with Crippen LogP contribution in [0.3, 0.4) is 0 Å². The van der Waals surface area contributed by atoms with E-state index in [1.54, 1.807) is 30.3 Å². The number of carboxylic acids is 1. The van der Waals surface area contributed by atoms with E-state index in [-0.39, 0.29) is 17.0 Å².